The normalized spacial score (nSPS) is 11.1. The number of fused-ring (bicyclic) bond motifs is 1. The van der Waals surface area contributed by atoms with Crippen LogP contribution in [0.25, 0.3) is 22.4 Å². The van der Waals surface area contributed by atoms with Crippen molar-refractivity contribution in [1.82, 2.24) is 9.55 Å². The Morgan fingerprint density at radius 3 is 2.70 bits per heavy atom. The van der Waals surface area contributed by atoms with Crippen LogP contribution < -0.4 is 10.1 Å². The van der Waals surface area contributed by atoms with E-state index in [4.69, 9.17) is 9.47 Å². The zero-order chi connectivity index (χ0) is 21.8. The number of carbonyl (C=O) groups excluding carboxylic acids is 1. The SMILES string of the molecule is CCCOCCn1c(-c2cc(OC)c(O)c(O)c2F)nc2cccc(NC(C)=O)c21. The molecule has 0 aliphatic carbocycles. The van der Waals surface area contributed by atoms with Crippen molar-refractivity contribution in [3.8, 4) is 28.6 Å². The van der Waals surface area contributed by atoms with Crippen molar-refractivity contribution in [3.05, 3.63) is 30.1 Å². The predicted octanol–water partition coefficient (Wildman–Crippen LogP) is 3.65. The number of rotatable bonds is 8. The minimum Gasteiger partial charge on any atom is -0.502 e. The monoisotopic (exact) mass is 417 g/mol. The summed E-state index contributed by atoms with van der Waals surface area (Å²) in [5.41, 5.74) is 1.58. The van der Waals surface area contributed by atoms with E-state index in [1.54, 1.807) is 22.8 Å². The summed E-state index contributed by atoms with van der Waals surface area (Å²) in [5, 5.41) is 22.7. The number of para-hydroxylation sites is 1. The highest BCUT2D eigenvalue weighted by Crippen LogP contribution is 2.43. The summed E-state index contributed by atoms with van der Waals surface area (Å²) in [5.74, 6) is -2.78. The molecule has 8 nitrogen and oxygen atoms in total. The quantitative estimate of drug-likeness (QED) is 0.382. The number of carbonyl (C=O) groups is 1. The molecule has 3 rings (SSSR count). The largest absolute Gasteiger partial charge is 0.502 e. The number of hydrogen-bond acceptors (Lipinski definition) is 6. The second-order valence-electron chi connectivity index (χ2n) is 6.69. The first-order chi connectivity index (χ1) is 14.4. The molecule has 0 aliphatic rings. The summed E-state index contributed by atoms with van der Waals surface area (Å²) in [6.07, 6.45) is 0.854. The molecule has 0 unspecified atom stereocenters. The van der Waals surface area contributed by atoms with Gasteiger partial charge in [0.05, 0.1) is 36.0 Å². The molecule has 0 spiro atoms. The first-order valence-corrected chi connectivity index (χ1v) is 9.52. The number of imidazole rings is 1. The number of methoxy groups -OCH3 is 1. The van der Waals surface area contributed by atoms with Crippen LogP contribution in [0.4, 0.5) is 10.1 Å². The molecule has 1 heterocycles. The highest BCUT2D eigenvalue weighted by atomic mass is 19.1. The number of nitrogens with one attached hydrogen (secondary N) is 1. The van der Waals surface area contributed by atoms with Crippen molar-refractivity contribution in [2.45, 2.75) is 26.8 Å². The fourth-order valence-corrected chi connectivity index (χ4v) is 3.23. The zero-order valence-corrected chi connectivity index (χ0v) is 17.0. The molecule has 1 aromatic heterocycles. The number of phenolic OH excluding ortho intramolecular Hbond substituents is 2. The van der Waals surface area contributed by atoms with E-state index in [1.165, 1.54) is 20.1 Å². The van der Waals surface area contributed by atoms with Crippen LogP contribution in [0.3, 0.4) is 0 Å². The Labute approximate surface area is 172 Å². The lowest BCUT2D eigenvalue weighted by Gasteiger charge is -2.14. The predicted molar refractivity (Wildman–Crippen MR) is 110 cm³/mol. The van der Waals surface area contributed by atoms with Gasteiger partial charge in [0.15, 0.2) is 17.3 Å². The third-order valence-electron chi connectivity index (χ3n) is 4.52. The summed E-state index contributed by atoms with van der Waals surface area (Å²) in [6.45, 7) is 4.62. The molecule has 0 atom stereocenters. The van der Waals surface area contributed by atoms with E-state index in [0.29, 0.717) is 36.5 Å². The first kappa shape index (κ1) is 21.4. The maximum atomic E-state index is 14.9. The molecular weight excluding hydrogens is 393 g/mol. The van der Waals surface area contributed by atoms with Crippen molar-refractivity contribution >= 4 is 22.6 Å². The molecular formula is C21H24FN3O5. The van der Waals surface area contributed by atoms with E-state index in [-0.39, 0.29) is 23.0 Å². The number of benzene rings is 2. The molecule has 9 heteroatoms. The fourth-order valence-electron chi connectivity index (χ4n) is 3.23. The molecule has 0 radical (unpaired) electrons. The van der Waals surface area contributed by atoms with E-state index in [9.17, 15) is 19.4 Å². The molecule has 30 heavy (non-hydrogen) atoms. The van der Waals surface area contributed by atoms with Crippen LogP contribution in [0.15, 0.2) is 24.3 Å². The van der Waals surface area contributed by atoms with E-state index in [1.807, 2.05) is 6.92 Å². The Kier molecular flexibility index (Phi) is 6.41. The summed E-state index contributed by atoms with van der Waals surface area (Å²) < 4.78 is 27.3. The third kappa shape index (κ3) is 4.02. The third-order valence-corrected chi connectivity index (χ3v) is 4.52. The van der Waals surface area contributed by atoms with Crippen LogP contribution in [0.1, 0.15) is 20.3 Å². The van der Waals surface area contributed by atoms with Gasteiger partial charge in [0, 0.05) is 20.1 Å². The van der Waals surface area contributed by atoms with Crippen molar-refractivity contribution in [2.24, 2.45) is 0 Å². The number of anilines is 1. The number of halogens is 1. The van der Waals surface area contributed by atoms with Gasteiger partial charge in [-0.15, -0.1) is 0 Å². The number of aromatic hydroxyl groups is 2. The Bertz CT molecular complexity index is 1080. The van der Waals surface area contributed by atoms with Gasteiger partial charge in [-0.25, -0.2) is 9.37 Å². The van der Waals surface area contributed by atoms with Crippen molar-refractivity contribution in [3.63, 3.8) is 0 Å². The zero-order valence-electron chi connectivity index (χ0n) is 17.0. The molecule has 160 valence electrons. The highest BCUT2D eigenvalue weighted by molar-refractivity contribution is 6.00. The Hall–Kier alpha value is -3.33. The lowest BCUT2D eigenvalue weighted by atomic mass is 10.1. The summed E-state index contributed by atoms with van der Waals surface area (Å²) in [7, 11) is 1.30. The molecule has 0 saturated carbocycles. The van der Waals surface area contributed by atoms with Crippen molar-refractivity contribution in [1.29, 1.82) is 0 Å². The van der Waals surface area contributed by atoms with Gasteiger partial charge in [-0.3, -0.25) is 4.79 Å². The van der Waals surface area contributed by atoms with Gasteiger partial charge in [-0.05, 0) is 24.6 Å². The Morgan fingerprint density at radius 1 is 1.27 bits per heavy atom. The molecule has 2 aromatic carbocycles. The Morgan fingerprint density at radius 2 is 2.03 bits per heavy atom. The maximum Gasteiger partial charge on any atom is 0.221 e. The van der Waals surface area contributed by atoms with E-state index >= 15 is 0 Å². The number of hydrogen-bond donors (Lipinski definition) is 3. The number of nitrogens with zero attached hydrogens (tertiary/aromatic N) is 2. The number of phenols is 2. The van der Waals surface area contributed by atoms with Crippen molar-refractivity contribution in [2.75, 3.05) is 25.6 Å². The second-order valence-corrected chi connectivity index (χ2v) is 6.69. The van der Waals surface area contributed by atoms with E-state index in [2.05, 4.69) is 10.3 Å². The average molecular weight is 417 g/mol. The van der Waals surface area contributed by atoms with Crippen LogP contribution in [0.2, 0.25) is 0 Å². The van der Waals surface area contributed by atoms with Gasteiger partial charge >= 0.3 is 0 Å². The molecule has 0 aliphatic heterocycles. The van der Waals surface area contributed by atoms with Gasteiger partial charge in [0.2, 0.25) is 11.7 Å². The second kappa shape index (κ2) is 9.00. The summed E-state index contributed by atoms with van der Waals surface area (Å²) in [6, 6.07) is 6.47. The van der Waals surface area contributed by atoms with Crippen LogP contribution in [-0.2, 0) is 16.1 Å². The lowest BCUT2D eigenvalue weighted by molar-refractivity contribution is -0.114. The molecule has 1 amide bonds. The molecule has 3 N–H and O–H groups in total. The van der Waals surface area contributed by atoms with Gasteiger partial charge in [0.1, 0.15) is 5.82 Å². The summed E-state index contributed by atoms with van der Waals surface area (Å²) >= 11 is 0. The molecule has 0 bridgehead atoms. The fraction of sp³-hybridized carbons (Fsp3) is 0.333. The minimum atomic E-state index is -1.03. The number of ether oxygens (including phenoxy) is 2. The van der Waals surface area contributed by atoms with Gasteiger partial charge in [-0.1, -0.05) is 13.0 Å². The minimum absolute atomic E-state index is 0.0531. The van der Waals surface area contributed by atoms with Gasteiger partial charge in [0.25, 0.3) is 0 Å². The van der Waals surface area contributed by atoms with E-state index in [0.717, 1.165) is 6.42 Å². The molecule has 3 aromatic rings. The van der Waals surface area contributed by atoms with Gasteiger partial charge < -0.3 is 29.6 Å². The molecule has 0 saturated heterocycles. The number of amides is 1. The standard InChI is InChI=1S/C21H24FN3O5/c1-4-9-30-10-8-25-18-14(23-12(2)26)6-5-7-15(18)24-21(25)13-11-16(29-3)19(27)20(28)17(13)22/h5-7,11,27-28H,4,8-10H2,1-3H3,(H,23,26). The van der Waals surface area contributed by atoms with Gasteiger partial charge in [-0.2, -0.15) is 0 Å². The van der Waals surface area contributed by atoms with Crippen LogP contribution >= 0.6 is 0 Å². The Balaban J connectivity index is 2.24. The lowest BCUT2D eigenvalue weighted by Crippen LogP contribution is -2.11. The summed E-state index contributed by atoms with van der Waals surface area (Å²) in [4.78, 5) is 16.2. The maximum absolute atomic E-state index is 14.9. The van der Waals surface area contributed by atoms with Crippen LogP contribution in [0, 0.1) is 5.82 Å². The first-order valence-electron chi connectivity index (χ1n) is 9.52. The number of aromatic nitrogens is 2. The smallest absolute Gasteiger partial charge is 0.221 e. The highest BCUT2D eigenvalue weighted by Gasteiger charge is 2.24. The van der Waals surface area contributed by atoms with E-state index < -0.39 is 17.3 Å². The van der Waals surface area contributed by atoms with Crippen LogP contribution in [0.5, 0.6) is 17.2 Å². The molecule has 0 fully saturated rings. The topological polar surface area (TPSA) is 106 Å². The average Bonchev–Trinajstić information content (AvgIpc) is 3.09. The van der Waals surface area contributed by atoms with Crippen molar-refractivity contribution < 1.29 is 28.9 Å². The van der Waals surface area contributed by atoms with Crippen LogP contribution in [-0.4, -0.2) is 46.0 Å².